The Kier molecular flexibility index (Phi) is 5.85. The van der Waals surface area contributed by atoms with Gasteiger partial charge in [-0.15, -0.1) is 0 Å². The van der Waals surface area contributed by atoms with Crippen LogP contribution in [0, 0.1) is 0 Å². The van der Waals surface area contributed by atoms with E-state index >= 15 is 0 Å². The first-order chi connectivity index (χ1) is 26.8. The van der Waals surface area contributed by atoms with Crippen LogP contribution in [0.1, 0.15) is 99.9 Å². The molecule has 0 saturated heterocycles. The molecule has 0 aromatic heterocycles. The fraction of sp³-hybridized carbons (Fsp3) is 0.222. The summed E-state index contributed by atoms with van der Waals surface area (Å²) in [6.45, 7) is 19.1. The highest BCUT2D eigenvalue weighted by molar-refractivity contribution is 5.98. The van der Waals surface area contributed by atoms with E-state index in [-0.39, 0.29) is 21.7 Å². The van der Waals surface area contributed by atoms with E-state index in [1.807, 2.05) is 0 Å². The van der Waals surface area contributed by atoms with Crippen molar-refractivity contribution in [1.29, 1.82) is 0 Å². The molecule has 0 atom stereocenters. The minimum Gasteiger partial charge on any atom is -0.453 e. The van der Waals surface area contributed by atoms with Crippen molar-refractivity contribution >= 4 is 17.1 Å². The lowest BCUT2D eigenvalue weighted by atomic mass is 9.79. The Hall–Kier alpha value is -5.86. The Bertz CT molecular complexity index is 2760. The first kappa shape index (κ1) is 32.4. The van der Waals surface area contributed by atoms with E-state index in [0.717, 1.165) is 28.6 Å². The summed E-state index contributed by atoms with van der Waals surface area (Å²) in [5, 5.41) is 0. The third-order valence-corrected chi connectivity index (χ3v) is 14.6. The van der Waals surface area contributed by atoms with Gasteiger partial charge in [0.1, 0.15) is 0 Å². The van der Waals surface area contributed by atoms with Gasteiger partial charge in [-0.25, -0.2) is 0 Å². The van der Waals surface area contributed by atoms with Gasteiger partial charge in [-0.05, 0) is 150 Å². The summed E-state index contributed by atoms with van der Waals surface area (Å²) in [6, 6.07) is 48.4. The van der Waals surface area contributed by atoms with E-state index in [1.54, 1.807) is 0 Å². The number of benzene rings is 7. The fourth-order valence-electron chi connectivity index (χ4n) is 11.5. The lowest BCUT2D eigenvalue weighted by Gasteiger charge is -2.35. The maximum Gasteiger partial charge on any atom is 0.151 e. The molecular formula is C54H45NO. The van der Waals surface area contributed by atoms with Crippen LogP contribution in [0.5, 0.6) is 11.5 Å². The number of anilines is 3. The van der Waals surface area contributed by atoms with Crippen molar-refractivity contribution < 1.29 is 4.74 Å². The van der Waals surface area contributed by atoms with Crippen molar-refractivity contribution in [3.8, 4) is 56.0 Å². The highest BCUT2D eigenvalue weighted by Crippen LogP contribution is 2.63. The molecule has 272 valence electrons. The monoisotopic (exact) mass is 723 g/mol. The van der Waals surface area contributed by atoms with Crippen molar-refractivity contribution in [1.82, 2.24) is 0 Å². The lowest BCUT2D eigenvalue weighted by molar-refractivity contribution is 0.473. The smallest absolute Gasteiger partial charge is 0.151 e. The van der Waals surface area contributed by atoms with Crippen molar-refractivity contribution in [3.63, 3.8) is 0 Å². The second-order valence-corrected chi connectivity index (χ2v) is 19.0. The van der Waals surface area contributed by atoms with Gasteiger partial charge in [-0.3, -0.25) is 0 Å². The van der Waals surface area contributed by atoms with E-state index in [1.165, 1.54) is 89.0 Å². The summed E-state index contributed by atoms with van der Waals surface area (Å²) in [7, 11) is 0. The SMILES string of the molecule is CC1(C)c2ccccc2-c2cc3c(cc21)-c1cc2c(cc1C3(C)C)Oc1cc3c(cc1N2c1ccccc1)-c1cc2c(cc1C3(C)C)-c1ccccc1C2(C)C. The van der Waals surface area contributed by atoms with Crippen LogP contribution in [0.15, 0.2) is 127 Å². The zero-order chi connectivity index (χ0) is 38.3. The van der Waals surface area contributed by atoms with Crippen LogP contribution >= 0.6 is 0 Å². The van der Waals surface area contributed by atoms with Gasteiger partial charge in [-0.1, -0.05) is 122 Å². The maximum absolute atomic E-state index is 7.14. The predicted molar refractivity (Wildman–Crippen MR) is 231 cm³/mol. The molecule has 2 heteroatoms. The third-order valence-electron chi connectivity index (χ3n) is 14.6. The molecule has 4 aliphatic carbocycles. The molecule has 0 fully saturated rings. The Labute approximate surface area is 330 Å². The van der Waals surface area contributed by atoms with Crippen LogP contribution in [0.4, 0.5) is 17.1 Å². The van der Waals surface area contributed by atoms with Gasteiger partial charge in [-0.2, -0.15) is 0 Å². The Morgan fingerprint density at radius 1 is 0.321 bits per heavy atom. The van der Waals surface area contributed by atoms with Gasteiger partial charge in [0.05, 0.1) is 11.4 Å². The van der Waals surface area contributed by atoms with Gasteiger partial charge in [0.15, 0.2) is 11.5 Å². The standard InChI is InChI=1S/C54H45NO/c1-51(2)39-20-14-12-18-31(39)33-22-43-35(24-41(33)51)37-26-47-49(28-45(37)53(43,5)6)56-50-29-46-38(27-48(50)55(47)30-16-10-9-11-17-30)36-25-42-34(23-44(36)54(46,7)8)32-19-13-15-21-40(32)52(42,3)4/h9-29H,1-8H3. The van der Waals surface area contributed by atoms with Crippen molar-refractivity contribution in [2.45, 2.75) is 77.0 Å². The van der Waals surface area contributed by atoms with Crippen LogP contribution in [0.2, 0.25) is 0 Å². The van der Waals surface area contributed by atoms with Gasteiger partial charge < -0.3 is 9.64 Å². The number of ether oxygens (including phenoxy) is 1. The highest BCUT2D eigenvalue weighted by Gasteiger charge is 2.45. The average molecular weight is 724 g/mol. The average Bonchev–Trinajstić information content (AvgIpc) is 3.74. The normalized spacial score (nSPS) is 18.0. The van der Waals surface area contributed by atoms with Crippen molar-refractivity contribution in [2.75, 3.05) is 4.90 Å². The maximum atomic E-state index is 7.14. The summed E-state index contributed by atoms with van der Waals surface area (Å²) >= 11 is 0. The number of hydrogen-bond acceptors (Lipinski definition) is 2. The highest BCUT2D eigenvalue weighted by atomic mass is 16.5. The molecule has 7 aromatic rings. The third kappa shape index (κ3) is 3.78. The van der Waals surface area contributed by atoms with Gasteiger partial charge >= 0.3 is 0 Å². The summed E-state index contributed by atoms with van der Waals surface area (Å²) in [6.07, 6.45) is 0. The molecule has 0 saturated carbocycles. The lowest BCUT2D eigenvalue weighted by Crippen LogP contribution is -2.20. The van der Waals surface area contributed by atoms with Crippen LogP contribution in [-0.4, -0.2) is 0 Å². The molecule has 0 bridgehead atoms. The van der Waals surface area contributed by atoms with E-state index in [4.69, 9.17) is 4.74 Å². The molecule has 1 heterocycles. The molecular weight excluding hydrogens is 679 g/mol. The van der Waals surface area contributed by atoms with Crippen molar-refractivity contribution in [2.24, 2.45) is 0 Å². The molecule has 0 radical (unpaired) electrons. The summed E-state index contributed by atoms with van der Waals surface area (Å²) in [4.78, 5) is 2.45. The first-order valence-electron chi connectivity index (χ1n) is 20.3. The van der Waals surface area contributed by atoms with Crippen LogP contribution in [0.3, 0.4) is 0 Å². The van der Waals surface area contributed by atoms with E-state index < -0.39 is 0 Å². The summed E-state index contributed by atoms with van der Waals surface area (Å²) in [5.41, 5.74) is 24.6. The van der Waals surface area contributed by atoms with Crippen LogP contribution in [0.25, 0.3) is 44.5 Å². The molecule has 2 nitrogen and oxygen atoms in total. The minimum atomic E-state index is -0.189. The van der Waals surface area contributed by atoms with Gasteiger partial charge in [0.2, 0.25) is 0 Å². The van der Waals surface area contributed by atoms with Crippen LogP contribution < -0.4 is 9.64 Å². The van der Waals surface area contributed by atoms with Crippen molar-refractivity contribution in [3.05, 3.63) is 172 Å². The molecule has 1 aliphatic heterocycles. The molecule has 56 heavy (non-hydrogen) atoms. The van der Waals surface area contributed by atoms with Gasteiger partial charge in [0, 0.05) is 27.3 Å². The predicted octanol–water partition coefficient (Wildman–Crippen LogP) is 14.5. The number of para-hydroxylation sites is 1. The second kappa shape index (κ2) is 10.1. The molecule has 7 aromatic carbocycles. The first-order valence-corrected chi connectivity index (χ1v) is 20.3. The molecule has 5 aliphatic rings. The van der Waals surface area contributed by atoms with Gasteiger partial charge in [0.25, 0.3) is 0 Å². The zero-order valence-electron chi connectivity index (χ0n) is 33.5. The largest absolute Gasteiger partial charge is 0.453 e. The quantitative estimate of drug-likeness (QED) is 0.167. The Balaban J connectivity index is 1.06. The number of nitrogens with zero attached hydrogens (tertiary/aromatic N) is 1. The molecule has 0 amide bonds. The number of rotatable bonds is 1. The molecule has 0 N–H and O–H groups in total. The second-order valence-electron chi connectivity index (χ2n) is 19.0. The fourth-order valence-corrected chi connectivity index (χ4v) is 11.5. The van der Waals surface area contributed by atoms with E-state index in [2.05, 4.69) is 188 Å². The topological polar surface area (TPSA) is 12.5 Å². The zero-order valence-corrected chi connectivity index (χ0v) is 33.5. The Morgan fingerprint density at radius 2 is 0.643 bits per heavy atom. The van der Waals surface area contributed by atoms with E-state index in [9.17, 15) is 0 Å². The molecule has 0 spiro atoms. The number of hydrogen-bond donors (Lipinski definition) is 0. The molecule has 0 unspecified atom stereocenters. The summed E-state index contributed by atoms with van der Waals surface area (Å²) in [5.74, 6) is 1.81. The minimum absolute atomic E-state index is 0.0667. The van der Waals surface area contributed by atoms with Crippen LogP contribution in [-0.2, 0) is 21.7 Å². The number of fused-ring (bicyclic) bond motifs is 14. The van der Waals surface area contributed by atoms with E-state index in [0.29, 0.717) is 0 Å². The Morgan fingerprint density at radius 3 is 1.07 bits per heavy atom. The summed E-state index contributed by atoms with van der Waals surface area (Å²) < 4.78 is 7.14. The molecule has 12 rings (SSSR count).